The topological polar surface area (TPSA) is 60.5 Å². The number of benzene rings is 3. The van der Waals surface area contributed by atoms with Crippen LogP contribution in [0.5, 0.6) is 11.5 Å². The van der Waals surface area contributed by atoms with Crippen LogP contribution < -0.4 is 14.8 Å². The maximum absolute atomic E-state index is 12.5. The molecule has 156 valence electrons. The lowest BCUT2D eigenvalue weighted by molar-refractivity contribution is 0.102. The fourth-order valence-electron chi connectivity index (χ4n) is 3.07. The van der Waals surface area contributed by atoms with Gasteiger partial charge in [0, 0.05) is 16.6 Å². The second-order valence-electron chi connectivity index (χ2n) is 7.03. The van der Waals surface area contributed by atoms with Gasteiger partial charge in [0.15, 0.2) is 0 Å². The van der Waals surface area contributed by atoms with Crippen molar-refractivity contribution < 1.29 is 14.3 Å². The van der Waals surface area contributed by atoms with Gasteiger partial charge in [-0.3, -0.25) is 4.79 Å². The quantitative estimate of drug-likeness (QED) is 0.393. The molecule has 1 amide bonds. The van der Waals surface area contributed by atoms with E-state index in [2.05, 4.69) is 29.4 Å². The second kappa shape index (κ2) is 9.45. The lowest BCUT2D eigenvalue weighted by Gasteiger charge is -2.08. The normalized spacial score (nSPS) is 10.5. The van der Waals surface area contributed by atoms with Crippen molar-refractivity contribution >= 4 is 22.9 Å². The van der Waals surface area contributed by atoms with E-state index >= 15 is 0 Å². The summed E-state index contributed by atoms with van der Waals surface area (Å²) >= 11 is 1.43. The van der Waals surface area contributed by atoms with Crippen molar-refractivity contribution in [2.24, 2.45) is 0 Å². The zero-order chi connectivity index (χ0) is 21.6. The largest absolute Gasteiger partial charge is 0.497 e. The van der Waals surface area contributed by atoms with Crippen molar-refractivity contribution in [2.45, 2.75) is 13.5 Å². The third kappa shape index (κ3) is 5.29. The smallest absolute Gasteiger partial charge is 0.275 e. The molecule has 6 heteroatoms. The lowest BCUT2D eigenvalue weighted by atomic mass is 10.1. The van der Waals surface area contributed by atoms with Crippen molar-refractivity contribution in [1.29, 1.82) is 0 Å². The summed E-state index contributed by atoms with van der Waals surface area (Å²) in [7, 11) is 1.60. The maximum atomic E-state index is 12.5. The van der Waals surface area contributed by atoms with Gasteiger partial charge in [0.05, 0.1) is 7.11 Å². The van der Waals surface area contributed by atoms with Crippen LogP contribution in [0.3, 0.4) is 0 Å². The molecular formula is C25H22N2O3S. The molecule has 0 saturated heterocycles. The molecule has 1 heterocycles. The first-order chi connectivity index (χ1) is 15.1. The molecule has 0 fully saturated rings. The second-order valence-corrected chi connectivity index (χ2v) is 7.88. The SMILES string of the molecule is COc1ccc(NC(=O)c2csc(-c3cccc(OCc4cccc(C)c4)c3)n2)cc1. The summed E-state index contributed by atoms with van der Waals surface area (Å²) in [6, 6.07) is 23.2. The van der Waals surface area contributed by atoms with Crippen LogP contribution in [0.15, 0.2) is 78.2 Å². The van der Waals surface area contributed by atoms with Crippen molar-refractivity contribution in [3.8, 4) is 22.1 Å². The molecule has 4 aromatic rings. The Hall–Kier alpha value is -3.64. The van der Waals surface area contributed by atoms with Crippen LogP contribution in [-0.4, -0.2) is 18.0 Å². The molecule has 31 heavy (non-hydrogen) atoms. The fourth-order valence-corrected chi connectivity index (χ4v) is 3.86. The minimum atomic E-state index is -0.250. The molecule has 5 nitrogen and oxygen atoms in total. The average Bonchev–Trinajstić information content (AvgIpc) is 3.29. The van der Waals surface area contributed by atoms with Gasteiger partial charge in [0.25, 0.3) is 5.91 Å². The van der Waals surface area contributed by atoms with Gasteiger partial charge in [0.2, 0.25) is 0 Å². The highest BCUT2D eigenvalue weighted by Gasteiger charge is 2.13. The number of anilines is 1. The standard InChI is InChI=1S/C25H22N2O3S/c1-17-5-3-6-18(13-17)15-30-22-8-4-7-19(14-22)25-27-23(16-31-25)24(28)26-20-9-11-21(29-2)12-10-20/h3-14,16H,15H2,1-2H3,(H,26,28). The summed E-state index contributed by atoms with van der Waals surface area (Å²) in [5.41, 5.74) is 4.30. The Bertz CT molecular complexity index is 1190. The van der Waals surface area contributed by atoms with E-state index in [1.165, 1.54) is 16.9 Å². The first-order valence-corrected chi connectivity index (χ1v) is 10.7. The predicted octanol–water partition coefficient (Wildman–Crippen LogP) is 5.96. The number of hydrogen-bond donors (Lipinski definition) is 1. The van der Waals surface area contributed by atoms with Crippen LogP contribution in [0, 0.1) is 6.92 Å². The Morgan fingerprint density at radius 2 is 1.81 bits per heavy atom. The van der Waals surface area contributed by atoms with Crippen molar-refractivity contribution in [3.63, 3.8) is 0 Å². The van der Waals surface area contributed by atoms with E-state index in [1.54, 1.807) is 36.8 Å². The molecule has 3 aromatic carbocycles. The third-order valence-corrected chi connectivity index (χ3v) is 5.55. The van der Waals surface area contributed by atoms with Gasteiger partial charge in [-0.25, -0.2) is 4.98 Å². The van der Waals surface area contributed by atoms with E-state index in [1.807, 2.05) is 36.4 Å². The summed E-state index contributed by atoms with van der Waals surface area (Å²) in [6.07, 6.45) is 0. The Labute approximate surface area is 185 Å². The minimum absolute atomic E-state index is 0.250. The highest BCUT2D eigenvalue weighted by molar-refractivity contribution is 7.13. The van der Waals surface area contributed by atoms with Crippen molar-refractivity contribution in [3.05, 3.63) is 95.0 Å². The van der Waals surface area contributed by atoms with Gasteiger partial charge >= 0.3 is 0 Å². The molecule has 4 rings (SSSR count). The summed E-state index contributed by atoms with van der Waals surface area (Å²) in [5.74, 6) is 1.25. The predicted molar refractivity (Wildman–Crippen MR) is 124 cm³/mol. The molecule has 0 aliphatic carbocycles. The van der Waals surface area contributed by atoms with Crippen molar-refractivity contribution in [2.75, 3.05) is 12.4 Å². The maximum Gasteiger partial charge on any atom is 0.275 e. The van der Waals surface area contributed by atoms with Crippen LogP contribution in [0.1, 0.15) is 21.6 Å². The van der Waals surface area contributed by atoms with Crippen LogP contribution >= 0.6 is 11.3 Å². The third-order valence-electron chi connectivity index (χ3n) is 4.65. The number of hydrogen-bond acceptors (Lipinski definition) is 5. The number of ether oxygens (including phenoxy) is 2. The molecule has 0 aliphatic heterocycles. The molecule has 1 aromatic heterocycles. The molecule has 1 N–H and O–H groups in total. The van der Waals surface area contributed by atoms with Gasteiger partial charge in [-0.15, -0.1) is 11.3 Å². The molecule has 0 saturated carbocycles. The Kier molecular flexibility index (Phi) is 6.29. The first kappa shape index (κ1) is 20.6. The monoisotopic (exact) mass is 430 g/mol. The van der Waals surface area contributed by atoms with E-state index in [9.17, 15) is 4.79 Å². The number of amides is 1. The number of aryl methyl sites for hydroxylation is 1. The summed E-state index contributed by atoms with van der Waals surface area (Å²) in [5, 5.41) is 5.38. The number of methoxy groups -OCH3 is 1. The van der Waals surface area contributed by atoms with Crippen LogP contribution in [0.25, 0.3) is 10.6 Å². The molecule has 0 spiro atoms. The minimum Gasteiger partial charge on any atom is -0.497 e. The lowest BCUT2D eigenvalue weighted by Crippen LogP contribution is -2.12. The molecule has 0 radical (unpaired) electrons. The van der Waals surface area contributed by atoms with E-state index in [0.717, 1.165) is 27.6 Å². The van der Waals surface area contributed by atoms with E-state index in [-0.39, 0.29) is 5.91 Å². The number of aromatic nitrogens is 1. The molecule has 0 atom stereocenters. The van der Waals surface area contributed by atoms with Crippen LogP contribution in [0.2, 0.25) is 0 Å². The highest BCUT2D eigenvalue weighted by atomic mass is 32.1. The number of carbonyl (C=O) groups is 1. The Morgan fingerprint density at radius 1 is 1.00 bits per heavy atom. The zero-order valence-electron chi connectivity index (χ0n) is 17.3. The van der Waals surface area contributed by atoms with Gasteiger partial charge in [-0.2, -0.15) is 0 Å². The highest BCUT2D eigenvalue weighted by Crippen LogP contribution is 2.28. The number of carbonyl (C=O) groups excluding carboxylic acids is 1. The summed E-state index contributed by atoms with van der Waals surface area (Å²) < 4.78 is 11.1. The fraction of sp³-hybridized carbons (Fsp3) is 0.120. The first-order valence-electron chi connectivity index (χ1n) is 9.80. The number of thiazole rings is 1. The van der Waals surface area contributed by atoms with Gasteiger partial charge in [-0.1, -0.05) is 42.0 Å². The number of nitrogens with one attached hydrogen (secondary N) is 1. The van der Waals surface area contributed by atoms with Crippen LogP contribution in [-0.2, 0) is 6.61 Å². The number of rotatable bonds is 7. The van der Waals surface area contributed by atoms with E-state index < -0.39 is 0 Å². The van der Waals surface area contributed by atoms with Gasteiger partial charge in [-0.05, 0) is 48.9 Å². The molecule has 0 aliphatic rings. The summed E-state index contributed by atoms with van der Waals surface area (Å²) in [6.45, 7) is 2.56. The molecular weight excluding hydrogens is 408 g/mol. The zero-order valence-corrected chi connectivity index (χ0v) is 18.1. The van der Waals surface area contributed by atoms with Gasteiger partial charge < -0.3 is 14.8 Å². The average molecular weight is 431 g/mol. The summed E-state index contributed by atoms with van der Waals surface area (Å²) in [4.78, 5) is 17.1. The molecule has 0 bridgehead atoms. The molecule has 0 unspecified atom stereocenters. The van der Waals surface area contributed by atoms with Crippen LogP contribution in [0.4, 0.5) is 5.69 Å². The van der Waals surface area contributed by atoms with Gasteiger partial charge in [0.1, 0.15) is 28.8 Å². The number of nitrogens with zero attached hydrogens (tertiary/aromatic N) is 1. The van der Waals surface area contributed by atoms with E-state index in [0.29, 0.717) is 18.0 Å². The van der Waals surface area contributed by atoms with E-state index in [4.69, 9.17) is 9.47 Å². The van der Waals surface area contributed by atoms with Crippen molar-refractivity contribution in [1.82, 2.24) is 4.98 Å². The Balaban J connectivity index is 1.43. The Morgan fingerprint density at radius 3 is 2.58 bits per heavy atom.